The molecule has 0 spiro atoms. The Morgan fingerprint density at radius 3 is 2.50 bits per heavy atom. The fourth-order valence-corrected chi connectivity index (χ4v) is 3.24. The summed E-state index contributed by atoms with van der Waals surface area (Å²) in [6.45, 7) is 0.874. The van der Waals surface area contributed by atoms with Crippen LogP contribution in [0.3, 0.4) is 0 Å². The van der Waals surface area contributed by atoms with Crippen molar-refractivity contribution in [2.45, 2.75) is 25.4 Å². The molecule has 1 heterocycles. The van der Waals surface area contributed by atoms with Gasteiger partial charge in [0.1, 0.15) is 11.5 Å². The van der Waals surface area contributed by atoms with Gasteiger partial charge in [0.2, 0.25) is 0 Å². The predicted molar refractivity (Wildman–Crippen MR) is 76.7 cm³/mol. The van der Waals surface area contributed by atoms with Crippen LogP contribution in [0.15, 0.2) is 18.2 Å². The Morgan fingerprint density at radius 1 is 1.22 bits per heavy atom. The molecule has 1 fully saturated rings. The molecule has 1 aliphatic rings. The van der Waals surface area contributed by atoms with Crippen molar-refractivity contribution in [3.63, 3.8) is 0 Å². The van der Waals surface area contributed by atoms with Gasteiger partial charge in [0.05, 0.1) is 14.2 Å². The van der Waals surface area contributed by atoms with Gasteiger partial charge in [-0.3, -0.25) is 0 Å². The van der Waals surface area contributed by atoms with Crippen molar-refractivity contribution in [1.29, 1.82) is 0 Å². The lowest BCUT2D eigenvalue weighted by Crippen LogP contribution is -2.33. The third kappa shape index (κ3) is 3.82. The van der Waals surface area contributed by atoms with Gasteiger partial charge in [-0.2, -0.15) is 11.8 Å². The molecule has 2 rings (SSSR count). The van der Waals surface area contributed by atoms with Gasteiger partial charge in [0.25, 0.3) is 0 Å². The zero-order valence-electron chi connectivity index (χ0n) is 11.1. The van der Waals surface area contributed by atoms with E-state index in [0.29, 0.717) is 6.04 Å². The summed E-state index contributed by atoms with van der Waals surface area (Å²) in [5, 5.41) is 3.61. The Morgan fingerprint density at radius 2 is 1.94 bits per heavy atom. The summed E-state index contributed by atoms with van der Waals surface area (Å²) in [5.74, 6) is 4.24. The number of methoxy groups -OCH3 is 2. The average Bonchev–Trinajstić information content (AvgIpc) is 2.45. The highest BCUT2D eigenvalue weighted by molar-refractivity contribution is 7.99. The summed E-state index contributed by atoms with van der Waals surface area (Å²) >= 11 is 2.04. The molecule has 1 aromatic carbocycles. The van der Waals surface area contributed by atoms with Crippen LogP contribution in [0.5, 0.6) is 11.5 Å². The maximum absolute atomic E-state index is 5.28. The summed E-state index contributed by atoms with van der Waals surface area (Å²) in [7, 11) is 3.37. The van der Waals surface area contributed by atoms with Crippen molar-refractivity contribution in [3.8, 4) is 11.5 Å². The SMILES string of the molecule is COc1cc(CNC2CCCSC2)cc(OC)c1. The van der Waals surface area contributed by atoms with Gasteiger partial charge >= 0.3 is 0 Å². The molecule has 1 N–H and O–H groups in total. The van der Waals surface area contributed by atoms with Crippen LogP contribution in [0.2, 0.25) is 0 Å². The van der Waals surface area contributed by atoms with Gasteiger partial charge in [-0.05, 0) is 36.3 Å². The van der Waals surface area contributed by atoms with Crippen molar-refractivity contribution >= 4 is 11.8 Å². The topological polar surface area (TPSA) is 30.5 Å². The number of ether oxygens (including phenoxy) is 2. The second-order valence-electron chi connectivity index (χ2n) is 4.52. The highest BCUT2D eigenvalue weighted by Crippen LogP contribution is 2.23. The highest BCUT2D eigenvalue weighted by Gasteiger charge is 2.13. The maximum Gasteiger partial charge on any atom is 0.122 e. The lowest BCUT2D eigenvalue weighted by Gasteiger charge is -2.22. The summed E-state index contributed by atoms with van der Waals surface area (Å²) < 4.78 is 10.6. The number of hydrogen-bond acceptors (Lipinski definition) is 4. The van der Waals surface area contributed by atoms with Gasteiger partial charge in [-0.25, -0.2) is 0 Å². The summed E-state index contributed by atoms with van der Waals surface area (Å²) in [6, 6.07) is 6.66. The Hall–Kier alpha value is -0.870. The predicted octanol–water partition coefficient (Wildman–Crippen LogP) is 2.69. The molecule has 18 heavy (non-hydrogen) atoms. The third-order valence-corrected chi connectivity index (χ3v) is 4.38. The fourth-order valence-electron chi connectivity index (χ4n) is 2.13. The van der Waals surface area contributed by atoms with E-state index in [1.54, 1.807) is 14.2 Å². The van der Waals surface area contributed by atoms with Gasteiger partial charge in [0.15, 0.2) is 0 Å². The van der Waals surface area contributed by atoms with Crippen molar-refractivity contribution in [1.82, 2.24) is 5.32 Å². The first-order valence-corrected chi connectivity index (χ1v) is 7.50. The molecule has 1 unspecified atom stereocenters. The van der Waals surface area contributed by atoms with Crippen LogP contribution in [-0.2, 0) is 6.54 Å². The molecule has 1 saturated heterocycles. The Balaban J connectivity index is 1.94. The van der Waals surface area contributed by atoms with E-state index in [9.17, 15) is 0 Å². The Kier molecular flexibility index (Phi) is 5.20. The van der Waals surface area contributed by atoms with E-state index >= 15 is 0 Å². The Bertz CT molecular complexity index is 356. The first-order valence-electron chi connectivity index (χ1n) is 6.35. The van der Waals surface area contributed by atoms with E-state index in [2.05, 4.69) is 17.4 Å². The second-order valence-corrected chi connectivity index (χ2v) is 5.67. The van der Waals surface area contributed by atoms with Crippen LogP contribution in [0.4, 0.5) is 0 Å². The molecule has 1 aromatic rings. The molecule has 0 bridgehead atoms. The lowest BCUT2D eigenvalue weighted by atomic mass is 10.1. The lowest BCUT2D eigenvalue weighted by molar-refractivity contribution is 0.392. The largest absolute Gasteiger partial charge is 0.497 e. The molecule has 0 saturated carbocycles. The molecule has 4 heteroatoms. The first-order chi connectivity index (χ1) is 8.81. The van der Waals surface area contributed by atoms with Gasteiger partial charge in [-0.15, -0.1) is 0 Å². The minimum absolute atomic E-state index is 0.640. The maximum atomic E-state index is 5.28. The van der Waals surface area contributed by atoms with Crippen LogP contribution in [0, 0.1) is 0 Å². The molecule has 0 radical (unpaired) electrons. The molecular weight excluding hydrogens is 246 g/mol. The molecule has 0 aliphatic carbocycles. The number of rotatable bonds is 5. The fraction of sp³-hybridized carbons (Fsp3) is 0.571. The Labute approximate surface area is 113 Å². The first kappa shape index (κ1) is 13.6. The van der Waals surface area contributed by atoms with Crippen LogP contribution < -0.4 is 14.8 Å². The number of nitrogens with one attached hydrogen (secondary N) is 1. The quantitative estimate of drug-likeness (QED) is 0.888. The minimum Gasteiger partial charge on any atom is -0.497 e. The zero-order valence-corrected chi connectivity index (χ0v) is 11.9. The smallest absolute Gasteiger partial charge is 0.122 e. The monoisotopic (exact) mass is 267 g/mol. The van der Waals surface area contributed by atoms with Crippen molar-refractivity contribution in [2.24, 2.45) is 0 Å². The molecule has 100 valence electrons. The number of benzene rings is 1. The zero-order chi connectivity index (χ0) is 12.8. The highest BCUT2D eigenvalue weighted by atomic mass is 32.2. The van der Waals surface area contributed by atoms with Gasteiger partial charge < -0.3 is 14.8 Å². The summed E-state index contributed by atoms with van der Waals surface area (Å²) in [6.07, 6.45) is 2.61. The summed E-state index contributed by atoms with van der Waals surface area (Å²) in [5.41, 5.74) is 1.21. The molecule has 3 nitrogen and oxygen atoms in total. The van der Waals surface area contributed by atoms with E-state index < -0.39 is 0 Å². The van der Waals surface area contributed by atoms with E-state index in [1.165, 1.54) is 29.9 Å². The van der Waals surface area contributed by atoms with Crippen LogP contribution in [-0.4, -0.2) is 31.8 Å². The third-order valence-electron chi connectivity index (χ3n) is 3.17. The molecule has 1 atom stereocenters. The van der Waals surface area contributed by atoms with E-state index in [4.69, 9.17) is 9.47 Å². The molecule has 0 amide bonds. The summed E-state index contributed by atoms with van der Waals surface area (Å²) in [4.78, 5) is 0. The van der Waals surface area contributed by atoms with Crippen LogP contribution in [0.1, 0.15) is 18.4 Å². The normalized spacial score (nSPS) is 19.6. The minimum atomic E-state index is 0.640. The second kappa shape index (κ2) is 6.90. The number of hydrogen-bond donors (Lipinski definition) is 1. The van der Waals surface area contributed by atoms with Crippen LogP contribution in [0.25, 0.3) is 0 Å². The standard InChI is InChI=1S/C14H21NO2S/c1-16-13-6-11(7-14(8-13)17-2)9-15-12-4-3-5-18-10-12/h6-8,12,15H,3-5,9-10H2,1-2H3. The van der Waals surface area contributed by atoms with Gasteiger partial charge in [-0.1, -0.05) is 0 Å². The van der Waals surface area contributed by atoms with Crippen molar-refractivity contribution in [3.05, 3.63) is 23.8 Å². The van der Waals surface area contributed by atoms with E-state index in [0.717, 1.165) is 18.0 Å². The average molecular weight is 267 g/mol. The van der Waals surface area contributed by atoms with Crippen molar-refractivity contribution < 1.29 is 9.47 Å². The van der Waals surface area contributed by atoms with Crippen molar-refractivity contribution in [2.75, 3.05) is 25.7 Å². The molecule has 1 aliphatic heterocycles. The van der Waals surface area contributed by atoms with E-state index in [-0.39, 0.29) is 0 Å². The van der Waals surface area contributed by atoms with Gasteiger partial charge in [0, 0.05) is 24.4 Å². The van der Waals surface area contributed by atoms with Crippen LogP contribution >= 0.6 is 11.8 Å². The molecule has 0 aromatic heterocycles. The molecular formula is C14H21NO2S. The number of thioether (sulfide) groups is 1. The van der Waals surface area contributed by atoms with E-state index in [1.807, 2.05) is 17.8 Å².